The van der Waals surface area contributed by atoms with E-state index in [1.165, 1.54) is 13.0 Å². The van der Waals surface area contributed by atoms with Gasteiger partial charge in [-0.15, -0.1) is 0 Å². The lowest BCUT2D eigenvalue weighted by Crippen LogP contribution is -2.64. The van der Waals surface area contributed by atoms with Gasteiger partial charge in [0.1, 0.15) is 22.8 Å². The summed E-state index contributed by atoms with van der Waals surface area (Å²) in [6.07, 6.45) is -1.53. The smallest absolute Gasteiger partial charge is 0.255 e. The van der Waals surface area contributed by atoms with E-state index in [9.17, 15) is 39.9 Å². The predicted molar refractivity (Wildman–Crippen MR) is 111 cm³/mol. The largest absolute Gasteiger partial charge is 0.511 e. The SMILES string of the molecule is CC1C(O)=C(C(N)=O)C(=O)C2(O)C(O)=C3C(=O)c4c(O)ccc(N(C)C)c4CC3C(O)C12. The summed E-state index contributed by atoms with van der Waals surface area (Å²) in [6.45, 7) is 1.37. The molecule has 0 bridgehead atoms. The molecular formula is C22H24N2O8. The fourth-order valence-corrected chi connectivity index (χ4v) is 5.42. The minimum absolute atomic E-state index is 0.0180. The zero-order valence-electron chi connectivity index (χ0n) is 17.7. The zero-order valence-corrected chi connectivity index (χ0v) is 17.7. The van der Waals surface area contributed by atoms with Crippen molar-refractivity contribution >= 4 is 23.2 Å². The van der Waals surface area contributed by atoms with Gasteiger partial charge < -0.3 is 36.2 Å². The van der Waals surface area contributed by atoms with Crippen molar-refractivity contribution in [3.8, 4) is 5.75 Å². The number of carbonyl (C=O) groups excluding carboxylic acids is 3. The normalized spacial score (nSPS) is 31.8. The fraction of sp³-hybridized carbons (Fsp3) is 0.409. The summed E-state index contributed by atoms with van der Waals surface area (Å²) in [7, 11) is 3.48. The van der Waals surface area contributed by atoms with Gasteiger partial charge in [0.05, 0.1) is 11.7 Å². The van der Waals surface area contributed by atoms with E-state index in [1.807, 2.05) is 0 Å². The number of amides is 1. The highest BCUT2D eigenvalue weighted by atomic mass is 16.4. The van der Waals surface area contributed by atoms with Crippen LogP contribution in [0.3, 0.4) is 0 Å². The van der Waals surface area contributed by atoms with Gasteiger partial charge in [-0.25, -0.2) is 0 Å². The molecule has 1 aromatic carbocycles. The number of phenolic OH excluding ortho intramolecular Hbond substituents is 1. The molecular weight excluding hydrogens is 420 g/mol. The van der Waals surface area contributed by atoms with Gasteiger partial charge in [0.2, 0.25) is 5.78 Å². The van der Waals surface area contributed by atoms with E-state index in [0.717, 1.165) is 0 Å². The molecule has 0 aliphatic heterocycles. The molecule has 0 radical (unpaired) electrons. The number of anilines is 1. The number of Topliss-reactive ketones (excluding diaryl/α,β-unsaturated/α-hetero) is 2. The number of allylic oxidation sites excluding steroid dienone is 1. The Morgan fingerprint density at radius 1 is 1.19 bits per heavy atom. The molecule has 0 heterocycles. The van der Waals surface area contributed by atoms with E-state index in [4.69, 9.17) is 5.73 Å². The van der Waals surface area contributed by atoms with Gasteiger partial charge in [-0.2, -0.15) is 0 Å². The van der Waals surface area contributed by atoms with Crippen molar-refractivity contribution in [3.63, 3.8) is 0 Å². The molecule has 3 aliphatic carbocycles. The van der Waals surface area contributed by atoms with Gasteiger partial charge in [-0.1, -0.05) is 6.92 Å². The first-order chi connectivity index (χ1) is 14.8. The molecule has 0 saturated heterocycles. The van der Waals surface area contributed by atoms with Gasteiger partial charge >= 0.3 is 0 Å². The molecule has 5 unspecified atom stereocenters. The summed E-state index contributed by atoms with van der Waals surface area (Å²) in [5.74, 6) is -9.20. The molecule has 0 saturated carbocycles. The molecule has 4 rings (SSSR count). The summed E-state index contributed by atoms with van der Waals surface area (Å²) in [4.78, 5) is 40.0. The molecule has 1 aromatic rings. The molecule has 10 heteroatoms. The number of hydrogen-bond acceptors (Lipinski definition) is 9. The quantitative estimate of drug-likeness (QED) is 0.338. The first-order valence-electron chi connectivity index (χ1n) is 10.0. The Labute approximate surface area is 182 Å². The van der Waals surface area contributed by atoms with Crippen molar-refractivity contribution in [1.29, 1.82) is 0 Å². The molecule has 3 aliphatic rings. The van der Waals surface area contributed by atoms with Crippen molar-refractivity contribution in [3.05, 3.63) is 45.9 Å². The van der Waals surface area contributed by atoms with Crippen LogP contribution in [0.4, 0.5) is 5.69 Å². The van der Waals surface area contributed by atoms with Gasteiger partial charge in [-0.05, 0) is 24.1 Å². The van der Waals surface area contributed by atoms with Crippen LogP contribution in [0.5, 0.6) is 5.75 Å². The van der Waals surface area contributed by atoms with Gasteiger partial charge in [0.25, 0.3) is 5.91 Å². The molecule has 0 fully saturated rings. The van der Waals surface area contributed by atoms with E-state index in [1.54, 1.807) is 25.1 Å². The number of phenols is 1. The van der Waals surface area contributed by atoms with E-state index >= 15 is 0 Å². The third-order valence-corrected chi connectivity index (χ3v) is 6.94. The second kappa shape index (κ2) is 6.81. The van der Waals surface area contributed by atoms with Crippen LogP contribution in [0.1, 0.15) is 22.8 Å². The number of benzene rings is 1. The Bertz CT molecular complexity index is 1150. The number of rotatable bonds is 2. The monoisotopic (exact) mass is 444 g/mol. The van der Waals surface area contributed by atoms with Crippen LogP contribution in [0.25, 0.3) is 0 Å². The molecule has 0 aromatic heterocycles. The minimum Gasteiger partial charge on any atom is -0.511 e. The predicted octanol–water partition coefficient (Wildman–Crippen LogP) is -0.137. The van der Waals surface area contributed by atoms with Crippen molar-refractivity contribution in [2.24, 2.45) is 23.5 Å². The maximum atomic E-state index is 13.4. The van der Waals surface area contributed by atoms with Crippen LogP contribution in [-0.4, -0.2) is 68.8 Å². The zero-order chi connectivity index (χ0) is 23.9. The van der Waals surface area contributed by atoms with Crippen LogP contribution < -0.4 is 10.6 Å². The van der Waals surface area contributed by atoms with Crippen LogP contribution in [0, 0.1) is 17.8 Å². The van der Waals surface area contributed by atoms with Crippen LogP contribution in [0.15, 0.2) is 34.8 Å². The second-order valence-corrected chi connectivity index (χ2v) is 8.78. The molecule has 10 nitrogen and oxygen atoms in total. The average Bonchev–Trinajstić information content (AvgIpc) is 2.70. The Balaban J connectivity index is 2.00. The first-order valence-corrected chi connectivity index (χ1v) is 10.0. The minimum atomic E-state index is -2.84. The fourth-order valence-electron chi connectivity index (χ4n) is 5.42. The Morgan fingerprint density at radius 2 is 1.81 bits per heavy atom. The lowest BCUT2D eigenvalue weighted by Gasteiger charge is -2.50. The third kappa shape index (κ3) is 2.50. The summed E-state index contributed by atoms with van der Waals surface area (Å²) in [5.41, 5.74) is 2.01. The third-order valence-electron chi connectivity index (χ3n) is 6.94. The highest BCUT2D eigenvalue weighted by Gasteiger charge is 2.65. The van der Waals surface area contributed by atoms with Crippen molar-refractivity contribution in [1.82, 2.24) is 0 Å². The van der Waals surface area contributed by atoms with Crippen molar-refractivity contribution < 1.29 is 39.9 Å². The van der Waals surface area contributed by atoms with Crippen molar-refractivity contribution in [2.45, 2.75) is 25.0 Å². The highest BCUT2D eigenvalue weighted by molar-refractivity contribution is 6.24. The number of carbonyl (C=O) groups is 3. The molecule has 1 amide bonds. The Morgan fingerprint density at radius 3 is 2.38 bits per heavy atom. The molecule has 170 valence electrons. The van der Waals surface area contributed by atoms with E-state index in [-0.39, 0.29) is 17.7 Å². The molecule has 0 spiro atoms. The van der Waals surface area contributed by atoms with Crippen molar-refractivity contribution in [2.75, 3.05) is 19.0 Å². The number of nitrogens with zero attached hydrogens (tertiary/aromatic N) is 1. The topological polar surface area (TPSA) is 182 Å². The highest BCUT2D eigenvalue weighted by Crippen LogP contribution is 2.53. The maximum Gasteiger partial charge on any atom is 0.255 e. The number of aliphatic hydroxyl groups excluding tert-OH is 3. The molecule has 32 heavy (non-hydrogen) atoms. The summed E-state index contributed by atoms with van der Waals surface area (Å²) in [6, 6.07) is 2.93. The van der Waals surface area contributed by atoms with E-state index < -0.39 is 69.6 Å². The van der Waals surface area contributed by atoms with E-state index in [0.29, 0.717) is 11.3 Å². The van der Waals surface area contributed by atoms with Gasteiger partial charge in [0, 0.05) is 43.1 Å². The number of fused-ring (bicyclic) bond motifs is 3. The van der Waals surface area contributed by atoms with Crippen LogP contribution in [-0.2, 0) is 16.0 Å². The number of ketones is 2. The molecule has 7 N–H and O–H groups in total. The number of aromatic hydroxyl groups is 1. The molecule has 5 atom stereocenters. The second-order valence-electron chi connectivity index (χ2n) is 8.78. The number of nitrogens with two attached hydrogens (primary N) is 1. The average molecular weight is 444 g/mol. The van der Waals surface area contributed by atoms with E-state index in [2.05, 4.69) is 0 Å². The Kier molecular flexibility index (Phi) is 4.65. The summed E-state index contributed by atoms with van der Waals surface area (Å²) >= 11 is 0. The number of primary amides is 1. The summed E-state index contributed by atoms with van der Waals surface area (Å²) < 4.78 is 0. The van der Waals surface area contributed by atoms with Crippen LogP contribution >= 0.6 is 0 Å². The number of hydrogen-bond donors (Lipinski definition) is 6. The maximum absolute atomic E-state index is 13.4. The Hall–Kier alpha value is -3.37. The number of aliphatic hydroxyl groups is 4. The lowest BCUT2D eigenvalue weighted by molar-refractivity contribution is -0.159. The standard InChI is InChI=1S/C22H24N2O8/c1-7-15-17(27)9-6-8-10(24(2)3)4-5-11(25)12(8)18(28)13(9)19(29)22(15,32)20(30)14(16(7)26)21(23)31/h4-5,7,9,15,17,25-27,29,32H,6H2,1-3H3,(H2,23,31). The van der Waals surface area contributed by atoms with Gasteiger partial charge in [0.15, 0.2) is 11.4 Å². The van der Waals surface area contributed by atoms with Crippen LogP contribution in [0.2, 0.25) is 0 Å². The lowest BCUT2D eigenvalue weighted by atomic mass is 9.56. The first kappa shape index (κ1) is 21.8. The van der Waals surface area contributed by atoms with Gasteiger partial charge in [-0.3, -0.25) is 14.4 Å². The summed E-state index contributed by atoms with van der Waals surface area (Å²) in [5, 5.41) is 54.4.